The molecule has 2 aliphatic heterocycles. The summed E-state index contributed by atoms with van der Waals surface area (Å²) in [4.78, 5) is 19.7. The summed E-state index contributed by atoms with van der Waals surface area (Å²) in [7, 11) is 0. The number of thiazole rings is 1. The van der Waals surface area contributed by atoms with E-state index in [0.717, 1.165) is 36.5 Å². The van der Waals surface area contributed by atoms with Gasteiger partial charge in [0, 0.05) is 23.2 Å². The van der Waals surface area contributed by atoms with Crippen molar-refractivity contribution in [2.75, 3.05) is 19.8 Å². The number of hydrogen-bond acceptors (Lipinski definition) is 5. The van der Waals surface area contributed by atoms with Crippen LogP contribution in [0.1, 0.15) is 46.4 Å². The normalized spacial score (nSPS) is 20.0. The Hall–Kier alpha value is -2.08. The van der Waals surface area contributed by atoms with Gasteiger partial charge in [0.1, 0.15) is 18.2 Å². The smallest absolute Gasteiger partial charge is 0.254 e. The summed E-state index contributed by atoms with van der Waals surface area (Å²) in [5, 5.41) is 3.09. The van der Waals surface area contributed by atoms with Crippen LogP contribution in [-0.4, -0.2) is 35.5 Å². The van der Waals surface area contributed by atoms with Gasteiger partial charge in [-0.1, -0.05) is 0 Å². The van der Waals surface area contributed by atoms with Gasteiger partial charge in [-0.15, -0.1) is 11.3 Å². The van der Waals surface area contributed by atoms with Crippen molar-refractivity contribution in [2.24, 2.45) is 0 Å². The highest BCUT2D eigenvalue weighted by atomic mass is 32.1. The largest absolute Gasteiger partial charge is 0.486 e. The molecular formula is C18H20N2O3S. The number of carbonyl (C=O) groups is 1. The van der Waals surface area contributed by atoms with Crippen LogP contribution < -0.4 is 9.47 Å². The number of ether oxygens (including phenoxy) is 2. The van der Waals surface area contributed by atoms with E-state index >= 15 is 0 Å². The van der Waals surface area contributed by atoms with Crippen LogP contribution in [0, 0.1) is 6.92 Å². The molecule has 0 N–H and O–H groups in total. The molecule has 1 aromatic carbocycles. The van der Waals surface area contributed by atoms with Crippen molar-refractivity contribution >= 4 is 17.2 Å². The Morgan fingerprint density at radius 1 is 1.25 bits per heavy atom. The fraction of sp³-hybridized carbons (Fsp3) is 0.444. The molecule has 4 rings (SSSR count). The van der Waals surface area contributed by atoms with Crippen LogP contribution in [0.5, 0.6) is 11.5 Å². The van der Waals surface area contributed by atoms with Crippen LogP contribution >= 0.6 is 11.3 Å². The molecule has 1 atom stereocenters. The van der Waals surface area contributed by atoms with Gasteiger partial charge in [-0.25, -0.2) is 4.98 Å². The van der Waals surface area contributed by atoms with E-state index < -0.39 is 0 Å². The van der Waals surface area contributed by atoms with Gasteiger partial charge < -0.3 is 14.4 Å². The average Bonchev–Trinajstić information content (AvgIpc) is 3.07. The first-order valence-corrected chi connectivity index (χ1v) is 9.23. The molecule has 1 aromatic heterocycles. The quantitative estimate of drug-likeness (QED) is 0.835. The Bertz CT molecular complexity index is 758. The van der Waals surface area contributed by atoms with E-state index in [-0.39, 0.29) is 11.9 Å². The number of hydrogen-bond donors (Lipinski definition) is 0. The molecule has 3 heterocycles. The van der Waals surface area contributed by atoms with Gasteiger partial charge >= 0.3 is 0 Å². The van der Waals surface area contributed by atoms with Gasteiger partial charge in [0.05, 0.1) is 6.04 Å². The number of benzene rings is 1. The highest BCUT2D eigenvalue weighted by molar-refractivity contribution is 7.09. The van der Waals surface area contributed by atoms with E-state index in [2.05, 4.69) is 10.4 Å². The van der Waals surface area contributed by atoms with Gasteiger partial charge in [-0.05, 0) is 44.4 Å². The van der Waals surface area contributed by atoms with Crippen molar-refractivity contribution in [1.82, 2.24) is 9.88 Å². The molecule has 24 heavy (non-hydrogen) atoms. The SMILES string of the molecule is Cc1csc([C@@H]2CCCCN2C(=O)c2ccc3c(c2)OCCO3)n1. The maximum Gasteiger partial charge on any atom is 0.254 e. The topological polar surface area (TPSA) is 51.7 Å². The lowest BCUT2D eigenvalue weighted by Gasteiger charge is -2.34. The third-order valence-corrected chi connectivity index (χ3v) is 5.54. The summed E-state index contributed by atoms with van der Waals surface area (Å²) in [6.45, 7) is 3.85. The average molecular weight is 344 g/mol. The van der Waals surface area contributed by atoms with Crippen LogP contribution in [0.25, 0.3) is 0 Å². The minimum atomic E-state index is 0.0459. The number of fused-ring (bicyclic) bond motifs is 1. The molecule has 1 fully saturated rings. The maximum atomic E-state index is 13.1. The van der Waals surface area contributed by atoms with Gasteiger partial charge in [-0.2, -0.15) is 0 Å². The summed E-state index contributed by atoms with van der Waals surface area (Å²) in [6.07, 6.45) is 3.15. The second kappa shape index (κ2) is 6.43. The minimum absolute atomic E-state index is 0.0459. The third-order valence-electron chi connectivity index (χ3n) is 4.47. The van der Waals surface area contributed by atoms with Gasteiger partial charge in [0.15, 0.2) is 11.5 Å². The Balaban J connectivity index is 1.62. The van der Waals surface area contributed by atoms with Crippen LogP contribution in [0.3, 0.4) is 0 Å². The number of amides is 1. The number of carbonyl (C=O) groups excluding carboxylic acids is 1. The molecule has 0 aliphatic carbocycles. The summed E-state index contributed by atoms with van der Waals surface area (Å²) in [5.74, 6) is 1.42. The molecule has 0 bridgehead atoms. The molecule has 0 unspecified atom stereocenters. The molecule has 1 saturated heterocycles. The van der Waals surface area contributed by atoms with Gasteiger partial charge in [0.25, 0.3) is 5.91 Å². The lowest BCUT2D eigenvalue weighted by Crippen LogP contribution is -2.38. The fourth-order valence-electron chi connectivity index (χ4n) is 3.30. The van der Waals surface area contributed by atoms with Crippen molar-refractivity contribution in [1.29, 1.82) is 0 Å². The number of aromatic nitrogens is 1. The predicted octanol–water partition coefficient (Wildman–Crippen LogP) is 3.59. The molecule has 1 amide bonds. The summed E-state index contributed by atoms with van der Waals surface area (Å²) in [6, 6.07) is 5.54. The zero-order valence-corrected chi connectivity index (χ0v) is 14.5. The zero-order valence-electron chi connectivity index (χ0n) is 13.7. The predicted molar refractivity (Wildman–Crippen MR) is 91.9 cm³/mol. The highest BCUT2D eigenvalue weighted by Crippen LogP contribution is 2.36. The number of rotatable bonds is 2. The number of nitrogens with zero attached hydrogens (tertiary/aromatic N) is 2. The van der Waals surface area contributed by atoms with Gasteiger partial charge in [-0.3, -0.25) is 4.79 Å². The van der Waals surface area contributed by atoms with Crippen molar-refractivity contribution in [3.05, 3.63) is 39.8 Å². The molecule has 2 aliphatic rings. The molecule has 0 spiro atoms. The minimum Gasteiger partial charge on any atom is -0.486 e. The first-order valence-electron chi connectivity index (χ1n) is 8.35. The zero-order chi connectivity index (χ0) is 16.5. The third kappa shape index (κ3) is 2.86. The van der Waals surface area contributed by atoms with Crippen LogP contribution in [0.15, 0.2) is 23.6 Å². The Labute approximate surface area is 145 Å². The maximum absolute atomic E-state index is 13.1. The number of likely N-dealkylation sites (tertiary alicyclic amines) is 1. The van der Waals surface area contributed by atoms with Crippen LogP contribution in [0.4, 0.5) is 0 Å². The van der Waals surface area contributed by atoms with E-state index in [0.29, 0.717) is 30.3 Å². The van der Waals surface area contributed by atoms with Crippen molar-refractivity contribution in [2.45, 2.75) is 32.2 Å². The van der Waals surface area contributed by atoms with E-state index in [9.17, 15) is 4.79 Å². The summed E-state index contributed by atoms with van der Waals surface area (Å²) >= 11 is 1.65. The van der Waals surface area contributed by atoms with Crippen LogP contribution in [0.2, 0.25) is 0 Å². The Kier molecular flexibility index (Phi) is 4.14. The Morgan fingerprint density at radius 2 is 2.08 bits per heavy atom. The number of piperidine rings is 1. The monoisotopic (exact) mass is 344 g/mol. The lowest BCUT2D eigenvalue weighted by atomic mass is 10.0. The van der Waals surface area contributed by atoms with Crippen molar-refractivity contribution in [3.8, 4) is 11.5 Å². The van der Waals surface area contributed by atoms with Gasteiger partial charge in [0.2, 0.25) is 0 Å². The second-order valence-corrected chi connectivity index (χ2v) is 7.09. The molecule has 6 heteroatoms. The Morgan fingerprint density at radius 3 is 2.88 bits per heavy atom. The van der Waals surface area contributed by atoms with Crippen molar-refractivity contribution in [3.63, 3.8) is 0 Å². The number of aryl methyl sites for hydroxylation is 1. The molecule has 2 aromatic rings. The molecular weight excluding hydrogens is 324 g/mol. The van der Waals surface area contributed by atoms with Crippen LogP contribution in [-0.2, 0) is 0 Å². The van der Waals surface area contributed by atoms with E-state index in [1.54, 1.807) is 17.4 Å². The van der Waals surface area contributed by atoms with Crippen molar-refractivity contribution < 1.29 is 14.3 Å². The van der Waals surface area contributed by atoms with E-state index in [4.69, 9.17) is 9.47 Å². The lowest BCUT2D eigenvalue weighted by molar-refractivity contribution is 0.0610. The van der Waals surface area contributed by atoms with E-state index in [1.165, 1.54) is 0 Å². The molecule has 0 saturated carbocycles. The first kappa shape index (κ1) is 15.4. The summed E-state index contributed by atoms with van der Waals surface area (Å²) in [5.41, 5.74) is 1.67. The second-order valence-electron chi connectivity index (χ2n) is 6.20. The highest BCUT2D eigenvalue weighted by Gasteiger charge is 2.31. The molecule has 0 radical (unpaired) electrons. The first-order chi connectivity index (χ1) is 11.7. The molecule has 126 valence electrons. The summed E-state index contributed by atoms with van der Waals surface area (Å²) < 4.78 is 11.1. The van der Waals surface area contributed by atoms with E-state index in [1.807, 2.05) is 24.0 Å². The molecule has 5 nitrogen and oxygen atoms in total. The standard InChI is InChI=1S/C18H20N2O3S/c1-12-11-24-17(19-12)14-4-2-3-7-20(14)18(21)13-5-6-15-16(10-13)23-9-8-22-15/h5-6,10-11,14H,2-4,7-9H2,1H3/t14-/m0/s1. The fourth-order valence-corrected chi connectivity index (χ4v) is 4.24.